The molecule has 5 rings (SSSR count). The number of aliphatic carboxylic acids is 1. The molecule has 3 heterocycles. The van der Waals surface area contributed by atoms with Gasteiger partial charge in [0.25, 0.3) is 5.91 Å². The Hall–Kier alpha value is -3.20. The molecule has 3 saturated heterocycles. The molecular weight excluding hydrogens is 496 g/mol. The van der Waals surface area contributed by atoms with E-state index in [1.54, 1.807) is 30.3 Å². The zero-order valence-electron chi connectivity index (χ0n) is 20.2. The number of hydrogen-bond acceptors (Lipinski definition) is 5. The summed E-state index contributed by atoms with van der Waals surface area (Å²) in [5.41, 5.74) is 0.168. The normalized spacial score (nSPS) is 28.7. The van der Waals surface area contributed by atoms with Crippen LogP contribution < -0.4 is 4.90 Å². The fourth-order valence-corrected chi connectivity index (χ4v) is 6.53. The molecule has 8 nitrogen and oxygen atoms in total. The smallest absolute Gasteiger partial charge is 0.310 e. The Morgan fingerprint density at radius 3 is 2.54 bits per heavy atom. The van der Waals surface area contributed by atoms with Gasteiger partial charge in [0.2, 0.25) is 5.91 Å². The van der Waals surface area contributed by atoms with Crippen LogP contribution in [-0.2, 0) is 25.5 Å². The van der Waals surface area contributed by atoms with Gasteiger partial charge in [0.1, 0.15) is 11.6 Å². The average molecular weight is 525 g/mol. The summed E-state index contributed by atoms with van der Waals surface area (Å²) in [6, 6.07) is 14.3. The van der Waals surface area contributed by atoms with Crippen molar-refractivity contribution >= 4 is 35.1 Å². The molecular formula is C28H29ClN2O6. The summed E-state index contributed by atoms with van der Waals surface area (Å²) in [4.78, 5) is 43.6. The number of carboxylic acid groups (broad SMARTS) is 1. The van der Waals surface area contributed by atoms with E-state index in [-0.39, 0.29) is 6.54 Å². The largest absolute Gasteiger partial charge is 0.481 e. The first-order chi connectivity index (χ1) is 17.8. The van der Waals surface area contributed by atoms with Crippen LogP contribution in [0.25, 0.3) is 0 Å². The number of likely N-dealkylation sites (tertiary alicyclic amines) is 1. The van der Waals surface area contributed by atoms with Gasteiger partial charge in [-0.25, -0.2) is 0 Å². The van der Waals surface area contributed by atoms with Crippen LogP contribution in [0.3, 0.4) is 0 Å². The Morgan fingerprint density at radius 2 is 1.92 bits per heavy atom. The Morgan fingerprint density at radius 1 is 1.22 bits per heavy atom. The van der Waals surface area contributed by atoms with E-state index in [9.17, 15) is 24.6 Å². The molecule has 3 aliphatic rings. The lowest BCUT2D eigenvalue weighted by Crippen LogP contribution is -2.59. The van der Waals surface area contributed by atoms with E-state index in [1.165, 1.54) is 9.80 Å². The molecule has 3 aliphatic heterocycles. The second-order valence-electron chi connectivity index (χ2n) is 9.88. The third kappa shape index (κ3) is 4.13. The number of amides is 2. The number of nitrogens with zero attached hydrogens (tertiary/aromatic N) is 2. The summed E-state index contributed by atoms with van der Waals surface area (Å²) in [5, 5.41) is 21.0. The van der Waals surface area contributed by atoms with Crippen molar-refractivity contribution in [1.29, 1.82) is 0 Å². The van der Waals surface area contributed by atoms with Crippen LogP contribution in [0.2, 0.25) is 5.02 Å². The third-order valence-electron chi connectivity index (χ3n) is 7.89. The lowest BCUT2D eigenvalue weighted by molar-refractivity contribution is -0.151. The number of carbonyl (C=O) groups is 3. The van der Waals surface area contributed by atoms with Crippen molar-refractivity contribution in [2.75, 3.05) is 18.1 Å². The number of rotatable bonds is 9. The SMILES string of the molecule is C=CCN(C(=O)[C@@H]1N([C@@H](CO)Cc2ccccc2)C(=O)[C@H]2[C@H](C(=O)O)[C@@H]3CC[C@]12O3)c1ccc(Cl)cc1. The number of fused-ring (bicyclic) bond motifs is 1. The molecule has 1 spiro atoms. The summed E-state index contributed by atoms with van der Waals surface area (Å²) >= 11 is 6.07. The van der Waals surface area contributed by atoms with Gasteiger partial charge in [-0.3, -0.25) is 14.4 Å². The van der Waals surface area contributed by atoms with Gasteiger partial charge in [-0.2, -0.15) is 0 Å². The van der Waals surface area contributed by atoms with E-state index >= 15 is 0 Å². The van der Waals surface area contributed by atoms with Crippen LogP contribution in [0.1, 0.15) is 18.4 Å². The van der Waals surface area contributed by atoms with Crippen LogP contribution in [0.4, 0.5) is 5.69 Å². The molecule has 2 aromatic carbocycles. The summed E-state index contributed by atoms with van der Waals surface area (Å²) in [6.45, 7) is 3.56. The van der Waals surface area contributed by atoms with Gasteiger partial charge in [0.15, 0.2) is 0 Å². The van der Waals surface area contributed by atoms with E-state index in [1.807, 2.05) is 30.3 Å². The van der Waals surface area contributed by atoms with E-state index in [4.69, 9.17) is 16.3 Å². The molecule has 3 fully saturated rings. The molecule has 194 valence electrons. The van der Waals surface area contributed by atoms with Crippen molar-refractivity contribution in [2.45, 2.75) is 43.1 Å². The number of aliphatic hydroxyl groups is 1. The molecule has 0 aliphatic carbocycles. The maximum absolute atomic E-state index is 14.4. The summed E-state index contributed by atoms with van der Waals surface area (Å²) in [6.07, 6.45) is 2.09. The van der Waals surface area contributed by atoms with Crippen LogP contribution in [0, 0.1) is 11.8 Å². The molecule has 0 unspecified atom stereocenters. The van der Waals surface area contributed by atoms with Crippen molar-refractivity contribution < 1.29 is 29.3 Å². The van der Waals surface area contributed by atoms with Crippen LogP contribution >= 0.6 is 11.6 Å². The topological polar surface area (TPSA) is 107 Å². The number of anilines is 1. The average Bonchev–Trinajstić information content (AvgIpc) is 3.54. The quantitative estimate of drug-likeness (QED) is 0.488. The monoisotopic (exact) mass is 524 g/mol. The number of aliphatic hydroxyl groups excluding tert-OH is 1. The second-order valence-corrected chi connectivity index (χ2v) is 10.3. The lowest BCUT2D eigenvalue weighted by atomic mass is 9.70. The maximum Gasteiger partial charge on any atom is 0.310 e. The highest BCUT2D eigenvalue weighted by Gasteiger charge is 2.75. The predicted octanol–water partition coefficient (Wildman–Crippen LogP) is 2.92. The van der Waals surface area contributed by atoms with Gasteiger partial charge in [-0.05, 0) is 49.1 Å². The number of benzene rings is 2. The first kappa shape index (κ1) is 25.4. The van der Waals surface area contributed by atoms with Gasteiger partial charge in [-0.15, -0.1) is 6.58 Å². The Labute approximate surface area is 220 Å². The fraction of sp³-hybridized carbons (Fsp3) is 0.393. The first-order valence-electron chi connectivity index (χ1n) is 12.4. The first-order valence-corrected chi connectivity index (χ1v) is 12.8. The minimum absolute atomic E-state index is 0.161. The molecule has 2 aromatic rings. The molecule has 0 aromatic heterocycles. The van der Waals surface area contributed by atoms with Gasteiger partial charge in [0, 0.05) is 17.3 Å². The van der Waals surface area contributed by atoms with Crippen molar-refractivity contribution in [3.8, 4) is 0 Å². The summed E-state index contributed by atoms with van der Waals surface area (Å²) in [5.74, 6) is -4.02. The molecule has 0 saturated carbocycles. The lowest BCUT2D eigenvalue weighted by Gasteiger charge is -2.39. The number of ether oxygens (including phenoxy) is 1. The van der Waals surface area contributed by atoms with E-state index in [2.05, 4.69) is 6.58 Å². The number of carboxylic acids is 1. The van der Waals surface area contributed by atoms with Gasteiger partial charge in [-0.1, -0.05) is 48.0 Å². The van der Waals surface area contributed by atoms with Gasteiger partial charge in [0.05, 0.1) is 30.6 Å². The van der Waals surface area contributed by atoms with E-state index < -0.39 is 60.0 Å². The minimum Gasteiger partial charge on any atom is -0.481 e. The van der Waals surface area contributed by atoms with Crippen molar-refractivity contribution in [1.82, 2.24) is 4.90 Å². The number of hydrogen-bond donors (Lipinski definition) is 2. The second kappa shape index (κ2) is 9.93. The Balaban J connectivity index is 1.60. The van der Waals surface area contributed by atoms with E-state index in [0.717, 1.165) is 5.56 Å². The van der Waals surface area contributed by atoms with Crippen LogP contribution in [0.5, 0.6) is 0 Å². The Bertz CT molecular complexity index is 1200. The molecule has 2 amide bonds. The van der Waals surface area contributed by atoms with Crippen molar-refractivity contribution in [3.05, 3.63) is 77.8 Å². The molecule has 2 bridgehead atoms. The molecule has 2 N–H and O–H groups in total. The zero-order valence-corrected chi connectivity index (χ0v) is 21.0. The summed E-state index contributed by atoms with van der Waals surface area (Å²) < 4.78 is 6.30. The van der Waals surface area contributed by atoms with Crippen LogP contribution in [-0.4, -0.2) is 69.8 Å². The Kier molecular flexibility index (Phi) is 6.83. The van der Waals surface area contributed by atoms with Gasteiger partial charge >= 0.3 is 5.97 Å². The molecule has 6 atom stereocenters. The molecule has 0 radical (unpaired) electrons. The molecule has 9 heteroatoms. The maximum atomic E-state index is 14.4. The van der Waals surface area contributed by atoms with Gasteiger partial charge < -0.3 is 24.7 Å². The summed E-state index contributed by atoms with van der Waals surface area (Å²) in [7, 11) is 0. The highest BCUT2D eigenvalue weighted by atomic mass is 35.5. The predicted molar refractivity (Wildman–Crippen MR) is 137 cm³/mol. The van der Waals surface area contributed by atoms with Crippen LogP contribution in [0.15, 0.2) is 67.3 Å². The fourth-order valence-electron chi connectivity index (χ4n) is 6.40. The van der Waals surface area contributed by atoms with Crippen molar-refractivity contribution in [2.24, 2.45) is 11.8 Å². The van der Waals surface area contributed by atoms with E-state index in [0.29, 0.717) is 30.0 Å². The zero-order chi connectivity index (χ0) is 26.3. The van der Waals surface area contributed by atoms with Crippen molar-refractivity contribution in [3.63, 3.8) is 0 Å². The minimum atomic E-state index is -1.28. The third-order valence-corrected chi connectivity index (χ3v) is 8.14. The standard InChI is InChI=1S/C28H29ClN2O6/c1-2-14-30(19-10-8-18(29)9-11-19)26(34)24-28-13-12-21(37-28)22(27(35)36)23(28)25(33)31(24)20(16-32)15-17-6-4-3-5-7-17/h2-11,20-24,32H,1,12-16H2,(H,35,36)/t20-,21+,22-,23-,24+,28-/m1/s1. The number of halogens is 1. The highest BCUT2D eigenvalue weighted by molar-refractivity contribution is 6.30. The highest BCUT2D eigenvalue weighted by Crippen LogP contribution is 2.59. The molecule has 37 heavy (non-hydrogen) atoms. The number of carbonyl (C=O) groups excluding carboxylic acids is 2.